The smallest absolute Gasteiger partial charge is 0.207 e. The molecule has 0 spiro atoms. The molecule has 0 saturated carbocycles. The van der Waals surface area contributed by atoms with Gasteiger partial charge in [-0.05, 0) is 37.3 Å². The molecule has 2 aromatic heterocycles. The van der Waals surface area contributed by atoms with Gasteiger partial charge in [0.05, 0.1) is 5.69 Å². The maximum Gasteiger partial charge on any atom is 0.207 e. The molecular formula is C13H10BrFN4. The summed E-state index contributed by atoms with van der Waals surface area (Å²) in [6.45, 7) is 1.87. The number of nitrogen functional groups attached to an aromatic ring is 1. The predicted molar refractivity (Wildman–Crippen MR) is 75.7 cm³/mol. The Morgan fingerprint density at radius 1 is 1.21 bits per heavy atom. The van der Waals surface area contributed by atoms with E-state index in [1.807, 2.05) is 19.1 Å². The van der Waals surface area contributed by atoms with Crippen LogP contribution in [0.25, 0.3) is 16.9 Å². The van der Waals surface area contributed by atoms with E-state index in [-0.39, 0.29) is 11.8 Å². The average molecular weight is 321 g/mol. The summed E-state index contributed by atoms with van der Waals surface area (Å²) < 4.78 is 16.2. The lowest BCUT2D eigenvalue weighted by Gasteiger charge is -2.07. The monoisotopic (exact) mass is 320 g/mol. The number of hydrogen-bond acceptors (Lipinski definition) is 3. The van der Waals surface area contributed by atoms with Crippen molar-refractivity contribution >= 4 is 33.0 Å². The van der Waals surface area contributed by atoms with Crippen LogP contribution in [0, 0.1) is 12.7 Å². The average Bonchev–Trinajstić information content (AvgIpc) is 2.65. The van der Waals surface area contributed by atoms with Gasteiger partial charge in [-0.3, -0.25) is 4.57 Å². The number of anilines is 1. The Kier molecular flexibility index (Phi) is 2.74. The van der Waals surface area contributed by atoms with Gasteiger partial charge >= 0.3 is 0 Å². The minimum atomic E-state index is -0.385. The molecule has 3 rings (SSSR count). The molecule has 1 aromatic carbocycles. The second-order valence-electron chi connectivity index (χ2n) is 4.20. The van der Waals surface area contributed by atoms with Gasteiger partial charge in [0, 0.05) is 10.2 Å². The van der Waals surface area contributed by atoms with E-state index >= 15 is 0 Å². The van der Waals surface area contributed by atoms with Crippen molar-refractivity contribution in [1.82, 2.24) is 14.5 Å². The minimum Gasteiger partial charge on any atom is -0.369 e. The SMILES string of the molecule is Cc1ccc2nc(N)n(-c3ccc(Br)cc3F)c2n1. The summed E-state index contributed by atoms with van der Waals surface area (Å²) in [5.41, 5.74) is 8.23. The summed E-state index contributed by atoms with van der Waals surface area (Å²) in [4.78, 5) is 8.57. The Morgan fingerprint density at radius 3 is 2.74 bits per heavy atom. The van der Waals surface area contributed by atoms with Gasteiger partial charge in [0.1, 0.15) is 11.3 Å². The summed E-state index contributed by atoms with van der Waals surface area (Å²) in [6.07, 6.45) is 0. The standard InChI is InChI=1S/C13H10BrFN4/c1-7-2-4-10-12(17-7)19(13(16)18-10)11-5-3-8(14)6-9(11)15/h2-6H,1H3,(H2,16,18). The number of fused-ring (bicyclic) bond motifs is 1. The van der Waals surface area contributed by atoms with E-state index in [0.29, 0.717) is 21.3 Å². The van der Waals surface area contributed by atoms with Crippen LogP contribution in [-0.2, 0) is 0 Å². The van der Waals surface area contributed by atoms with E-state index in [2.05, 4.69) is 25.9 Å². The largest absolute Gasteiger partial charge is 0.369 e. The molecule has 2 N–H and O–H groups in total. The highest BCUT2D eigenvalue weighted by molar-refractivity contribution is 9.10. The first-order valence-corrected chi connectivity index (χ1v) is 6.42. The predicted octanol–water partition coefficient (Wildman–Crippen LogP) is 3.21. The van der Waals surface area contributed by atoms with E-state index in [1.54, 1.807) is 12.1 Å². The minimum absolute atomic E-state index is 0.217. The quantitative estimate of drug-likeness (QED) is 0.749. The highest BCUT2D eigenvalue weighted by Gasteiger charge is 2.14. The van der Waals surface area contributed by atoms with Crippen LogP contribution in [0.15, 0.2) is 34.8 Å². The molecule has 0 atom stereocenters. The highest BCUT2D eigenvalue weighted by Crippen LogP contribution is 2.25. The lowest BCUT2D eigenvalue weighted by Crippen LogP contribution is -2.04. The van der Waals surface area contributed by atoms with Crippen LogP contribution in [0.5, 0.6) is 0 Å². The summed E-state index contributed by atoms with van der Waals surface area (Å²) in [5.74, 6) is -0.169. The second-order valence-corrected chi connectivity index (χ2v) is 5.11. The first kappa shape index (κ1) is 12.1. The number of nitrogens with two attached hydrogens (primary N) is 1. The first-order chi connectivity index (χ1) is 9.06. The maximum absolute atomic E-state index is 14.1. The van der Waals surface area contributed by atoms with Crippen LogP contribution in [-0.4, -0.2) is 14.5 Å². The Morgan fingerprint density at radius 2 is 2.00 bits per heavy atom. The number of pyridine rings is 1. The maximum atomic E-state index is 14.1. The molecule has 0 aliphatic heterocycles. The van der Waals surface area contributed by atoms with Gasteiger partial charge in [0.25, 0.3) is 0 Å². The number of rotatable bonds is 1. The fourth-order valence-corrected chi connectivity index (χ4v) is 2.30. The third-order valence-electron chi connectivity index (χ3n) is 2.82. The van der Waals surface area contributed by atoms with Crippen LogP contribution in [0.1, 0.15) is 5.69 Å². The van der Waals surface area contributed by atoms with Crippen molar-refractivity contribution < 1.29 is 4.39 Å². The lowest BCUT2D eigenvalue weighted by molar-refractivity contribution is 0.619. The van der Waals surface area contributed by atoms with Crippen LogP contribution < -0.4 is 5.73 Å². The van der Waals surface area contributed by atoms with E-state index in [4.69, 9.17) is 5.73 Å². The van der Waals surface area contributed by atoms with Gasteiger partial charge < -0.3 is 5.73 Å². The molecule has 0 radical (unpaired) electrons. The third-order valence-corrected chi connectivity index (χ3v) is 3.31. The second kappa shape index (κ2) is 4.31. The Balaban J connectivity index is 2.35. The van der Waals surface area contributed by atoms with Crippen molar-refractivity contribution in [3.8, 4) is 5.69 Å². The Labute approximate surface area is 117 Å². The zero-order valence-corrected chi connectivity index (χ0v) is 11.6. The number of hydrogen-bond donors (Lipinski definition) is 1. The van der Waals surface area contributed by atoms with Crippen LogP contribution >= 0.6 is 15.9 Å². The zero-order valence-electron chi connectivity index (χ0n) is 10.1. The fraction of sp³-hybridized carbons (Fsp3) is 0.0769. The molecule has 19 heavy (non-hydrogen) atoms. The third kappa shape index (κ3) is 1.98. The van der Waals surface area contributed by atoms with Crippen LogP contribution in [0.3, 0.4) is 0 Å². The van der Waals surface area contributed by atoms with Crippen molar-refractivity contribution in [2.24, 2.45) is 0 Å². The van der Waals surface area contributed by atoms with Crippen LogP contribution in [0.2, 0.25) is 0 Å². The zero-order chi connectivity index (χ0) is 13.6. The Bertz CT molecular complexity index is 782. The molecule has 0 unspecified atom stereocenters. The summed E-state index contributed by atoms with van der Waals surface area (Å²) in [5, 5.41) is 0. The molecular weight excluding hydrogens is 311 g/mol. The first-order valence-electron chi connectivity index (χ1n) is 5.63. The van der Waals surface area contributed by atoms with Crippen molar-refractivity contribution in [3.63, 3.8) is 0 Å². The van der Waals surface area contributed by atoms with Gasteiger partial charge in [0.2, 0.25) is 5.95 Å². The number of halogens is 2. The van der Waals surface area contributed by atoms with Crippen molar-refractivity contribution in [2.75, 3.05) is 5.73 Å². The molecule has 3 aromatic rings. The van der Waals surface area contributed by atoms with Gasteiger partial charge in [-0.25, -0.2) is 14.4 Å². The number of nitrogens with zero attached hydrogens (tertiary/aromatic N) is 3. The van der Waals surface area contributed by atoms with Gasteiger partial charge in [-0.2, -0.15) is 0 Å². The molecule has 0 aliphatic carbocycles. The molecule has 0 amide bonds. The summed E-state index contributed by atoms with van der Waals surface area (Å²) in [6, 6.07) is 8.44. The molecule has 2 heterocycles. The molecule has 0 aliphatic rings. The molecule has 0 saturated heterocycles. The summed E-state index contributed by atoms with van der Waals surface area (Å²) >= 11 is 3.23. The van der Waals surface area contributed by atoms with Crippen LogP contribution in [0.4, 0.5) is 10.3 Å². The number of aromatic nitrogens is 3. The molecule has 0 fully saturated rings. The molecule has 4 nitrogen and oxygen atoms in total. The van der Waals surface area contributed by atoms with Gasteiger partial charge in [-0.1, -0.05) is 15.9 Å². The highest BCUT2D eigenvalue weighted by atomic mass is 79.9. The summed E-state index contributed by atoms with van der Waals surface area (Å²) in [7, 11) is 0. The topological polar surface area (TPSA) is 56.7 Å². The van der Waals surface area contributed by atoms with E-state index in [0.717, 1.165) is 5.69 Å². The van der Waals surface area contributed by atoms with Crippen molar-refractivity contribution in [2.45, 2.75) is 6.92 Å². The Hall–Kier alpha value is -1.95. The number of aryl methyl sites for hydroxylation is 1. The van der Waals surface area contributed by atoms with Crippen molar-refractivity contribution in [1.29, 1.82) is 0 Å². The lowest BCUT2D eigenvalue weighted by atomic mass is 10.3. The molecule has 96 valence electrons. The van der Waals surface area contributed by atoms with E-state index in [9.17, 15) is 4.39 Å². The van der Waals surface area contributed by atoms with Gasteiger partial charge in [-0.15, -0.1) is 0 Å². The molecule has 0 bridgehead atoms. The van der Waals surface area contributed by atoms with Gasteiger partial charge in [0.15, 0.2) is 5.65 Å². The van der Waals surface area contributed by atoms with E-state index in [1.165, 1.54) is 10.6 Å². The number of benzene rings is 1. The molecule has 6 heteroatoms. The van der Waals surface area contributed by atoms with Crippen molar-refractivity contribution in [3.05, 3.63) is 46.3 Å². The number of imidazole rings is 1. The van der Waals surface area contributed by atoms with E-state index < -0.39 is 0 Å². The fourth-order valence-electron chi connectivity index (χ4n) is 1.97. The normalized spacial score (nSPS) is 11.1.